The van der Waals surface area contributed by atoms with E-state index in [1.807, 2.05) is 11.3 Å². The highest BCUT2D eigenvalue weighted by molar-refractivity contribution is 7.15. The lowest BCUT2D eigenvalue weighted by Gasteiger charge is -2.21. The first kappa shape index (κ1) is 12.8. The van der Waals surface area contributed by atoms with Crippen molar-refractivity contribution in [2.24, 2.45) is 0 Å². The summed E-state index contributed by atoms with van der Waals surface area (Å²) in [7, 11) is 0. The Kier molecular flexibility index (Phi) is 3.67. The van der Waals surface area contributed by atoms with E-state index in [4.69, 9.17) is 4.98 Å². The second kappa shape index (κ2) is 5.43. The molecule has 1 aromatic carbocycles. The first-order valence-corrected chi connectivity index (χ1v) is 7.89. The molecule has 1 aliphatic carbocycles. The number of nitrogens with zero attached hydrogens (tertiary/aromatic N) is 1. The third-order valence-corrected chi connectivity index (χ3v) is 4.88. The molecule has 0 saturated carbocycles. The smallest absolute Gasteiger partial charge is 0.123 e. The van der Waals surface area contributed by atoms with Gasteiger partial charge in [-0.3, -0.25) is 0 Å². The number of aromatic nitrogens is 1. The van der Waals surface area contributed by atoms with E-state index in [9.17, 15) is 0 Å². The quantitative estimate of drug-likeness (QED) is 0.909. The van der Waals surface area contributed by atoms with Gasteiger partial charge in [0.25, 0.3) is 0 Å². The standard InChI is InChI=1S/C16H20N2S/c1-3-17-13-5-4-6-14-15(13)18-16(19-14)12-9-7-11(2)8-10-12/h7-10,13,17H,3-6H2,1-2H3. The van der Waals surface area contributed by atoms with E-state index in [0.717, 1.165) is 6.54 Å². The van der Waals surface area contributed by atoms with E-state index >= 15 is 0 Å². The van der Waals surface area contributed by atoms with Crippen LogP contribution in [-0.2, 0) is 6.42 Å². The number of thiazole rings is 1. The molecule has 1 N–H and O–H groups in total. The van der Waals surface area contributed by atoms with Crippen molar-refractivity contribution in [1.82, 2.24) is 10.3 Å². The Morgan fingerprint density at radius 1 is 1.32 bits per heavy atom. The van der Waals surface area contributed by atoms with E-state index in [2.05, 4.69) is 43.4 Å². The summed E-state index contributed by atoms with van der Waals surface area (Å²) in [5.41, 5.74) is 3.85. The Morgan fingerprint density at radius 3 is 2.84 bits per heavy atom. The van der Waals surface area contributed by atoms with Gasteiger partial charge in [-0.15, -0.1) is 11.3 Å². The van der Waals surface area contributed by atoms with Crippen LogP contribution in [0.2, 0.25) is 0 Å². The molecule has 0 amide bonds. The van der Waals surface area contributed by atoms with Gasteiger partial charge in [0.1, 0.15) is 5.01 Å². The summed E-state index contributed by atoms with van der Waals surface area (Å²) in [6, 6.07) is 9.16. The van der Waals surface area contributed by atoms with Gasteiger partial charge in [0, 0.05) is 10.4 Å². The van der Waals surface area contributed by atoms with Crippen LogP contribution in [0.15, 0.2) is 24.3 Å². The Balaban J connectivity index is 1.95. The third-order valence-electron chi connectivity index (χ3n) is 3.70. The molecule has 0 fully saturated rings. The predicted molar refractivity (Wildman–Crippen MR) is 81.6 cm³/mol. The zero-order chi connectivity index (χ0) is 13.2. The average molecular weight is 272 g/mol. The van der Waals surface area contributed by atoms with Crippen LogP contribution >= 0.6 is 11.3 Å². The molecule has 1 aromatic heterocycles. The lowest BCUT2D eigenvalue weighted by atomic mass is 9.97. The third kappa shape index (κ3) is 2.58. The maximum Gasteiger partial charge on any atom is 0.123 e. The minimum Gasteiger partial charge on any atom is -0.309 e. The van der Waals surface area contributed by atoms with Gasteiger partial charge in [-0.1, -0.05) is 36.8 Å². The maximum atomic E-state index is 4.91. The van der Waals surface area contributed by atoms with Crippen LogP contribution in [0, 0.1) is 6.92 Å². The van der Waals surface area contributed by atoms with E-state index < -0.39 is 0 Å². The van der Waals surface area contributed by atoms with Gasteiger partial charge < -0.3 is 5.32 Å². The van der Waals surface area contributed by atoms with Gasteiger partial charge in [0.15, 0.2) is 0 Å². The highest BCUT2D eigenvalue weighted by Crippen LogP contribution is 2.37. The number of benzene rings is 1. The number of hydrogen-bond acceptors (Lipinski definition) is 3. The minimum absolute atomic E-state index is 0.462. The molecule has 0 spiro atoms. The van der Waals surface area contributed by atoms with Crippen molar-refractivity contribution in [1.29, 1.82) is 0 Å². The van der Waals surface area contributed by atoms with Crippen molar-refractivity contribution in [3.63, 3.8) is 0 Å². The molecule has 0 radical (unpaired) electrons. The number of aryl methyl sites for hydroxylation is 2. The number of hydrogen-bond donors (Lipinski definition) is 1. The molecule has 0 aliphatic heterocycles. The van der Waals surface area contributed by atoms with Crippen LogP contribution in [-0.4, -0.2) is 11.5 Å². The molecule has 19 heavy (non-hydrogen) atoms. The Hall–Kier alpha value is -1.19. The summed E-state index contributed by atoms with van der Waals surface area (Å²) < 4.78 is 0. The second-order valence-corrected chi connectivity index (χ2v) is 6.28. The van der Waals surface area contributed by atoms with Gasteiger partial charge in [-0.2, -0.15) is 0 Å². The van der Waals surface area contributed by atoms with E-state index in [1.54, 1.807) is 0 Å². The first-order valence-electron chi connectivity index (χ1n) is 7.08. The van der Waals surface area contributed by atoms with Crippen molar-refractivity contribution in [2.45, 2.75) is 39.2 Å². The molecule has 3 rings (SSSR count). The van der Waals surface area contributed by atoms with E-state index in [1.165, 1.54) is 46.0 Å². The molecule has 0 saturated heterocycles. The van der Waals surface area contributed by atoms with Crippen molar-refractivity contribution in [2.75, 3.05) is 6.54 Å². The summed E-state index contributed by atoms with van der Waals surface area (Å²) in [4.78, 5) is 6.39. The van der Waals surface area contributed by atoms with Crippen LogP contribution in [0.1, 0.15) is 41.9 Å². The van der Waals surface area contributed by atoms with Crippen molar-refractivity contribution >= 4 is 11.3 Å². The van der Waals surface area contributed by atoms with Gasteiger partial charge >= 0.3 is 0 Å². The highest BCUT2D eigenvalue weighted by atomic mass is 32.1. The van der Waals surface area contributed by atoms with Gasteiger partial charge in [0.2, 0.25) is 0 Å². The summed E-state index contributed by atoms with van der Waals surface area (Å²) in [6.45, 7) is 5.31. The fraction of sp³-hybridized carbons (Fsp3) is 0.438. The highest BCUT2D eigenvalue weighted by Gasteiger charge is 2.24. The number of nitrogens with one attached hydrogen (secondary N) is 1. The second-order valence-electron chi connectivity index (χ2n) is 5.20. The molecule has 1 atom stereocenters. The Morgan fingerprint density at radius 2 is 2.11 bits per heavy atom. The number of fused-ring (bicyclic) bond motifs is 1. The van der Waals surface area contributed by atoms with Crippen LogP contribution in [0.5, 0.6) is 0 Å². The normalized spacial score (nSPS) is 18.3. The summed E-state index contributed by atoms with van der Waals surface area (Å²) >= 11 is 1.87. The zero-order valence-corrected chi connectivity index (χ0v) is 12.4. The molecule has 1 unspecified atom stereocenters. The molecular weight excluding hydrogens is 252 g/mol. The molecule has 3 heteroatoms. The van der Waals surface area contributed by atoms with Crippen LogP contribution < -0.4 is 5.32 Å². The van der Waals surface area contributed by atoms with Gasteiger partial charge in [0.05, 0.1) is 11.7 Å². The van der Waals surface area contributed by atoms with E-state index in [-0.39, 0.29) is 0 Å². The molecule has 1 aliphatic rings. The molecular formula is C16H20N2S. The predicted octanol–water partition coefficient (Wildman–Crippen LogP) is 4.11. The van der Waals surface area contributed by atoms with Crippen molar-refractivity contribution in [3.05, 3.63) is 40.4 Å². The molecule has 1 heterocycles. The van der Waals surface area contributed by atoms with Gasteiger partial charge in [-0.25, -0.2) is 4.98 Å². The Labute approximate surface area is 118 Å². The molecule has 100 valence electrons. The number of rotatable bonds is 3. The zero-order valence-electron chi connectivity index (χ0n) is 11.6. The fourth-order valence-corrected chi connectivity index (χ4v) is 3.85. The summed E-state index contributed by atoms with van der Waals surface area (Å²) in [6.07, 6.45) is 3.69. The van der Waals surface area contributed by atoms with E-state index in [0.29, 0.717) is 6.04 Å². The SMILES string of the molecule is CCNC1CCCc2sc(-c3ccc(C)cc3)nc21. The van der Waals surface area contributed by atoms with Gasteiger partial charge in [-0.05, 0) is 32.7 Å². The van der Waals surface area contributed by atoms with Crippen LogP contribution in [0.3, 0.4) is 0 Å². The van der Waals surface area contributed by atoms with Crippen LogP contribution in [0.25, 0.3) is 10.6 Å². The molecule has 2 aromatic rings. The topological polar surface area (TPSA) is 24.9 Å². The lowest BCUT2D eigenvalue weighted by Crippen LogP contribution is -2.24. The average Bonchev–Trinajstić information content (AvgIpc) is 2.85. The lowest BCUT2D eigenvalue weighted by molar-refractivity contribution is 0.465. The minimum atomic E-state index is 0.462. The monoisotopic (exact) mass is 272 g/mol. The van der Waals surface area contributed by atoms with Crippen LogP contribution in [0.4, 0.5) is 0 Å². The summed E-state index contributed by atoms with van der Waals surface area (Å²) in [5, 5.41) is 4.73. The molecule has 2 nitrogen and oxygen atoms in total. The van der Waals surface area contributed by atoms with Crippen molar-refractivity contribution in [3.8, 4) is 10.6 Å². The fourth-order valence-electron chi connectivity index (χ4n) is 2.68. The summed E-state index contributed by atoms with van der Waals surface area (Å²) in [5.74, 6) is 0. The largest absolute Gasteiger partial charge is 0.309 e. The first-order chi connectivity index (χ1) is 9.28. The maximum absolute atomic E-state index is 4.91. The van der Waals surface area contributed by atoms with Crippen molar-refractivity contribution < 1.29 is 0 Å². The molecule has 0 bridgehead atoms. The Bertz CT molecular complexity index is 557.